The minimum absolute atomic E-state index is 0.00542. The lowest BCUT2D eigenvalue weighted by molar-refractivity contribution is -0.142. The summed E-state index contributed by atoms with van der Waals surface area (Å²) >= 11 is 0. The standard InChI is InChI=1S/C35H49N7O6/c1-21(2)16-28-35(48)41(7)24(6)32(45)37-23(5)31(44)40-30(22(3)4)33(46)38-27(17-25-12-9-8-10-13-25)19-42(20-29(43)39-28)34(47)26-14-11-15-36-18-26/h8-15,18,21-24,27-28,30H,16-17,19-20H2,1-7H3,(H,37,45)(H,38,46)(H,39,43)(H,40,44)/t23-,24+,27+,28+,30+/m1/s1. The Balaban J connectivity index is 2.08. The molecule has 1 saturated heterocycles. The first-order valence-corrected chi connectivity index (χ1v) is 16.4. The summed E-state index contributed by atoms with van der Waals surface area (Å²) < 4.78 is 0. The highest BCUT2D eigenvalue weighted by Crippen LogP contribution is 2.13. The maximum absolute atomic E-state index is 13.9. The Kier molecular flexibility index (Phi) is 13.6. The summed E-state index contributed by atoms with van der Waals surface area (Å²) in [5, 5.41) is 11.2. The van der Waals surface area contributed by atoms with Gasteiger partial charge in [0.05, 0.1) is 18.2 Å². The van der Waals surface area contributed by atoms with Gasteiger partial charge in [-0.3, -0.25) is 33.8 Å². The largest absolute Gasteiger partial charge is 0.349 e. The fraction of sp³-hybridized carbons (Fsp3) is 0.514. The molecule has 13 heteroatoms. The van der Waals surface area contributed by atoms with Gasteiger partial charge in [-0.1, -0.05) is 58.0 Å². The molecule has 6 amide bonds. The van der Waals surface area contributed by atoms with Gasteiger partial charge in [0.2, 0.25) is 29.5 Å². The van der Waals surface area contributed by atoms with E-state index in [0.717, 1.165) is 5.56 Å². The first-order chi connectivity index (χ1) is 22.7. The van der Waals surface area contributed by atoms with Crippen molar-refractivity contribution in [2.45, 2.75) is 84.6 Å². The van der Waals surface area contributed by atoms with Crippen molar-refractivity contribution in [1.82, 2.24) is 36.1 Å². The Morgan fingerprint density at radius 1 is 0.875 bits per heavy atom. The van der Waals surface area contributed by atoms with E-state index in [4.69, 9.17) is 0 Å². The molecule has 0 spiro atoms. The molecule has 2 heterocycles. The number of amides is 6. The lowest BCUT2D eigenvalue weighted by Gasteiger charge is -2.33. The molecule has 0 unspecified atom stereocenters. The van der Waals surface area contributed by atoms with Crippen LogP contribution < -0.4 is 21.3 Å². The Labute approximate surface area is 282 Å². The van der Waals surface area contributed by atoms with E-state index in [0.29, 0.717) is 6.42 Å². The summed E-state index contributed by atoms with van der Waals surface area (Å²) in [6.45, 7) is 9.91. The number of nitrogens with zero attached hydrogens (tertiary/aromatic N) is 3. The van der Waals surface area contributed by atoms with Gasteiger partial charge in [-0.15, -0.1) is 0 Å². The SMILES string of the molecule is CC(C)C[C@@H]1NC(=O)CN(C(=O)c2cccnc2)C[C@H](Cc2ccccc2)NC(=O)[C@H](C(C)C)NC(=O)[C@@H](C)NC(=O)[C@H](C)N(C)C1=O. The van der Waals surface area contributed by atoms with Gasteiger partial charge in [-0.2, -0.15) is 0 Å². The van der Waals surface area contributed by atoms with Crippen LogP contribution in [-0.2, 0) is 30.4 Å². The van der Waals surface area contributed by atoms with Crippen molar-refractivity contribution in [1.29, 1.82) is 0 Å². The molecule has 1 aliphatic heterocycles. The van der Waals surface area contributed by atoms with Crippen LogP contribution in [0.25, 0.3) is 0 Å². The predicted octanol–water partition coefficient (Wildman–Crippen LogP) is 1.29. The molecular formula is C35H49N7O6. The van der Waals surface area contributed by atoms with Gasteiger partial charge in [0.1, 0.15) is 24.2 Å². The molecule has 2 aromatic rings. The highest BCUT2D eigenvalue weighted by molar-refractivity contribution is 5.98. The molecule has 0 bridgehead atoms. The van der Waals surface area contributed by atoms with Crippen molar-refractivity contribution < 1.29 is 28.8 Å². The van der Waals surface area contributed by atoms with Crippen molar-refractivity contribution in [3.8, 4) is 0 Å². The monoisotopic (exact) mass is 663 g/mol. The van der Waals surface area contributed by atoms with Crippen molar-refractivity contribution in [3.63, 3.8) is 0 Å². The Morgan fingerprint density at radius 2 is 1.56 bits per heavy atom. The Hall–Kier alpha value is -4.81. The quantitative estimate of drug-likeness (QED) is 0.361. The summed E-state index contributed by atoms with van der Waals surface area (Å²) in [6.07, 6.45) is 3.52. The van der Waals surface area contributed by atoms with Crippen LogP contribution >= 0.6 is 0 Å². The molecule has 1 fully saturated rings. The summed E-state index contributed by atoms with van der Waals surface area (Å²) in [5.41, 5.74) is 1.12. The molecule has 1 aliphatic rings. The molecule has 0 aliphatic carbocycles. The van der Waals surface area contributed by atoms with Crippen LogP contribution in [0.4, 0.5) is 0 Å². The molecule has 5 atom stereocenters. The lowest BCUT2D eigenvalue weighted by atomic mass is 10.00. The molecule has 48 heavy (non-hydrogen) atoms. The highest BCUT2D eigenvalue weighted by atomic mass is 16.2. The van der Waals surface area contributed by atoms with E-state index < -0.39 is 72.2 Å². The smallest absolute Gasteiger partial charge is 0.255 e. The van der Waals surface area contributed by atoms with Crippen molar-refractivity contribution in [3.05, 3.63) is 66.0 Å². The molecule has 13 nitrogen and oxygen atoms in total. The van der Waals surface area contributed by atoms with Gasteiger partial charge in [0.15, 0.2) is 0 Å². The van der Waals surface area contributed by atoms with Crippen molar-refractivity contribution in [2.24, 2.45) is 11.8 Å². The average Bonchev–Trinajstić information content (AvgIpc) is 3.04. The Bertz CT molecular complexity index is 1440. The minimum Gasteiger partial charge on any atom is -0.349 e. The number of carbonyl (C=O) groups is 6. The van der Waals surface area contributed by atoms with E-state index in [1.54, 1.807) is 26.0 Å². The van der Waals surface area contributed by atoms with Crippen molar-refractivity contribution >= 4 is 35.4 Å². The second kappa shape index (κ2) is 17.4. The molecule has 1 aromatic carbocycles. The zero-order valence-electron chi connectivity index (χ0n) is 28.9. The first kappa shape index (κ1) is 37.6. The average molecular weight is 664 g/mol. The molecule has 260 valence electrons. The second-order valence-corrected chi connectivity index (χ2v) is 13.2. The first-order valence-electron chi connectivity index (χ1n) is 16.4. The highest BCUT2D eigenvalue weighted by Gasteiger charge is 2.34. The van der Waals surface area contributed by atoms with Crippen LogP contribution in [0.15, 0.2) is 54.9 Å². The van der Waals surface area contributed by atoms with E-state index >= 15 is 0 Å². The molecule has 1 aromatic heterocycles. The number of nitrogens with one attached hydrogen (secondary N) is 4. The normalized spacial score (nSPS) is 23.9. The zero-order valence-corrected chi connectivity index (χ0v) is 28.9. The Morgan fingerprint density at radius 3 is 2.17 bits per heavy atom. The number of pyridine rings is 1. The topological polar surface area (TPSA) is 170 Å². The molecular weight excluding hydrogens is 614 g/mol. The van der Waals surface area contributed by atoms with E-state index in [2.05, 4.69) is 26.3 Å². The van der Waals surface area contributed by atoms with Gasteiger partial charge in [-0.05, 0) is 56.2 Å². The molecule has 4 N–H and O–H groups in total. The third kappa shape index (κ3) is 10.6. The number of aromatic nitrogens is 1. The van der Waals surface area contributed by atoms with Crippen molar-refractivity contribution in [2.75, 3.05) is 20.1 Å². The molecule has 0 saturated carbocycles. The number of hydrogen-bond acceptors (Lipinski definition) is 7. The van der Waals surface area contributed by atoms with E-state index in [-0.39, 0.29) is 30.4 Å². The van der Waals surface area contributed by atoms with Crippen LogP contribution in [0.5, 0.6) is 0 Å². The maximum Gasteiger partial charge on any atom is 0.255 e. The number of benzene rings is 1. The summed E-state index contributed by atoms with van der Waals surface area (Å²) in [5.74, 6) is -3.52. The van der Waals surface area contributed by atoms with Crippen LogP contribution in [0.3, 0.4) is 0 Å². The van der Waals surface area contributed by atoms with Gasteiger partial charge in [0.25, 0.3) is 5.91 Å². The van der Waals surface area contributed by atoms with Crippen LogP contribution in [0.2, 0.25) is 0 Å². The van der Waals surface area contributed by atoms with E-state index in [1.165, 1.54) is 43.1 Å². The second-order valence-electron chi connectivity index (χ2n) is 13.2. The molecule has 3 rings (SSSR count). The van der Waals surface area contributed by atoms with Gasteiger partial charge < -0.3 is 31.1 Å². The number of likely N-dealkylation sites (N-methyl/N-ethyl adjacent to an activating group) is 1. The summed E-state index contributed by atoms with van der Waals surface area (Å²) in [4.78, 5) is 88.0. The van der Waals surface area contributed by atoms with Gasteiger partial charge >= 0.3 is 0 Å². The number of carbonyl (C=O) groups excluding carboxylic acids is 6. The van der Waals surface area contributed by atoms with Gasteiger partial charge in [0, 0.05) is 26.0 Å². The lowest BCUT2D eigenvalue weighted by Crippen LogP contribution is -2.60. The number of hydrogen-bond donors (Lipinski definition) is 4. The van der Waals surface area contributed by atoms with Crippen LogP contribution in [0.1, 0.15) is 63.9 Å². The summed E-state index contributed by atoms with van der Waals surface area (Å²) in [7, 11) is 1.46. The van der Waals surface area contributed by atoms with Crippen LogP contribution in [0, 0.1) is 11.8 Å². The fourth-order valence-electron chi connectivity index (χ4n) is 5.44. The van der Waals surface area contributed by atoms with E-state index in [9.17, 15) is 28.8 Å². The fourth-order valence-corrected chi connectivity index (χ4v) is 5.44. The molecule has 0 radical (unpaired) electrons. The summed E-state index contributed by atoms with van der Waals surface area (Å²) in [6, 6.07) is 7.93. The predicted molar refractivity (Wildman–Crippen MR) is 180 cm³/mol. The van der Waals surface area contributed by atoms with Gasteiger partial charge in [-0.25, -0.2) is 0 Å². The van der Waals surface area contributed by atoms with Crippen LogP contribution in [-0.4, -0.2) is 101 Å². The minimum atomic E-state index is -1.02. The zero-order chi connectivity index (χ0) is 35.5. The maximum atomic E-state index is 13.9. The van der Waals surface area contributed by atoms with E-state index in [1.807, 2.05) is 44.2 Å². The third-order valence-corrected chi connectivity index (χ3v) is 8.29. The number of rotatable bonds is 6. The third-order valence-electron chi connectivity index (χ3n) is 8.29.